The molecule has 0 heterocycles. The van der Waals surface area contributed by atoms with Gasteiger partial charge in [0.05, 0.1) is 6.54 Å². The number of carbonyl (C=O) groups excluding carboxylic acids is 3. The molecule has 2 atom stereocenters. The van der Waals surface area contributed by atoms with Crippen LogP contribution in [-0.4, -0.2) is 42.5 Å². The van der Waals surface area contributed by atoms with E-state index in [-0.39, 0.29) is 36.2 Å². The Morgan fingerprint density at radius 3 is 2.18 bits per heavy atom. The van der Waals surface area contributed by atoms with E-state index in [4.69, 9.17) is 0 Å². The summed E-state index contributed by atoms with van der Waals surface area (Å²) < 4.78 is 14.3. The minimum Gasteiger partial charge on any atom is -0.356 e. The molecule has 38 heavy (non-hydrogen) atoms. The number of unbranched alkanes of at least 4 members (excludes halogenated alkanes) is 1. The molecule has 1 fully saturated rings. The first-order chi connectivity index (χ1) is 18.1. The van der Waals surface area contributed by atoms with E-state index in [2.05, 4.69) is 16.0 Å². The smallest absolute Gasteiger partial charge is 0.235 e. The van der Waals surface area contributed by atoms with Gasteiger partial charge in [-0.2, -0.15) is 0 Å². The molecule has 0 aliphatic heterocycles. The van der Waals surface area contributed by atoms with Crippen molar-refractivity contribution in [2.45, 2.75) is 82.8 Å². The van der Waals surface area contributed by atoms with Crippen LogP contribution in [0.4, 0.5) is 4.39 Å². The van der Waals surface area contributed by atoms with Gasteiger partial charge in [0, 0.05) is 25.4 Å². The average molecular weight is 522 g/mol. The Labute approximate surface area is 225 Å². The number of rotatable bonds is 10. The SMILES string of the molecule is CC(=O)NC1CCCC(C(=O)NCCCCC2(C(=O)NCC(C)(C)F)c3ccccc3-c3ccccc32)C1. The molecule has 4 rings (SSSR count). The van der Waals surface area contributed by atoms with Crippen LogP contribution in [0.15, 0.2) is 48.5 Å². The van der Waals surface area contributed by atoms with Crippen molar-refractivity contribution in [3.63, 3.8) is 0 Å². The maximum atomic E-state index is 14.3. The maximum absolute atomic E-state index is 14.3. The Morgan fingerprint density at radius 1 is 0.947 bits per heavy atom. The summed E-state index contributed by atoms with van der Waals surface area (Å²) in [5.74, 6) is -0.292. The Hall–Kier alpha value is -3.22. The number of hydrogen-bond acceptors (Lipinski definition) is 3. The summed E-state index contributed by atoms with van der Waals surface area (Å²) >= 11 is 0. The molecule has 0 spiro atoms. The van der Waals surface area contributed by atoms with Crippen LogP contribution in [0.25, 0.3) is 11.1 Å². The fourth-order valence-corrected chi connectivity index (χ4v) is 6.11. The third kappa shape index (κ3) is 6.08. The number of amides is 3. The lowest BCUT2D eigenvalue weighted by atomic mass is 9.73. The third-order valence-electron chi connectivity index (χ3n) is 7.85. The van der Waals surface area contributed by atoms with Crippen LogP contribution < -0.4 is 16.0 Å². The third-order valence-corrected chi connectivity index (χ3v) is 7.85. The highest BCUT2D eigenvalue weighted by Crippen LogP contribution is 2.51. The van der Waals surface area contributed by atoms with E-state index in [9.17, 15) is 18.8 Å². The predicted molar refractivity (Wildman–Crippen MR) is 147 cm³/mol. The van der Waals surface area contributed by atoms with Gasteiger partial charge in [0.15, 0.2) is 0 Å². The lowest BCUT2D eigenvalue weighted by Crippen LogP contribution is -2.47. The molecule has 2 unspecified atom stereocenters. The molecule has 0 radical (unpaired) electrons. The topological polar surface area (TPSA) is 87.3 Å². The Balaban J connectivity index is 1.43. The van der Waals surface area contributed by atoms with E-state index in [0.717, 1.165) is 47.9 Å². The van der Waals surface area contributed by atoms with Gasteiger partial charge in [-0.25, -0.2) is 4.39 Å². The Bertz CT molecular complexity index is 1130. The summed E-state index contributed by atoms with van der Waals surface area (Å²) in [5.41, 5.74) is 1.55. The second kappa shape index (κ2) is 11.7. The monoisotopic (exact) mass is 521 g/mol. The van der Waals surface area contributed by atoms with E-state index in [1.54, 1.807) is 0 Å². The molecule has 0 aromatic heterocycles. The van der Waals surface area contributed by atoms with Gasteiger partial charge in [-0.05, 0) is 74.6 Å². The molecule has 3 amide bonds. The number of benzene rings is 2. The quantitative estimate of drug-likeness (QED) is 0.393. The molecule has 3 N–H and O–H groups in total. The summed E-state index contributed by atoms with van der Waals surface area (Å²) in [7, 11) is 0. The van der Waals surface area contributed by atoms with Crippen LogP contribution in [0.3, 0.4) is 0 Å². The predicted octanol–water partition coefficient (Wildman–Crippen LogP) is 4.80. The standard InChI is InChI=1S/C31H40FN3O3/c1-21(36)35-23-12-10-11-22(19-23)28(37)33-18-9-8-17-31(29(38)34-20-30(2,3)32)26-15-6-4-13-24(26)25-14-5-7-16-27(25)31/h4-7,13-16,22-23H,8-12,17-20H2,1-3H3,(H,33,37)(H,34,38)(H,35,36). The normalized spacial score (nSPS) is 19.7. The van der Waals surface area contributed by atoms with E-state index in [0.29, 0.717) is 25.8 Å². The molecule has 2 aromatic carbocycles. The lowest BCUT2D eigenvalue weighted by Gasteiger charge is -2.32. The van der Waals surface area contributed by atoms with E-state index in [1.165, 1.54) is 20.8 Å². The molecule has 0 saturated heterocycles. The second-order valence-electron chi connectivity index (χ2n) is 11.4. The van der Waals surface area contributed by atoms with Gasteiger partial charge in [0.25, 0.3) is 0 Å². The molecular weight excluding hydrogens is 481 g/mol. The minimum atomic E-state index is -1.52. The summed E-state index contributed by atoms with van der Waals surface area (Å²) in [5, 5.41) is 8.91. The summed E-state index contributed by atoms with van der Waals surface area (Å²) in [6.45, 7) is 4.90. The summed E-state index contributed by atoms with van der Waals surface area (Å²) in [6.07, 6.45) is 5.35. The fourth-order valence-electron chi connectivity index (χ4n) is 6.11. The molecular formula is C31H40FN3O3. The van der Waals surface area contributed by atoms with Crippen LogP contribution in [-0.2, 0) is 19.8 Å². The number of halogens is 1. The molecule has 2 aliphatic rings. The van der Waals surface area contributed by atoms with Gasteiger partial charge in [-0.15, -0.1) is 0 Å². The van der Waals surface area contributed by atoms with Crippen LogP contribution in [0, 0.1) is 5.92 Å². The van der Waals surface area contributed by atoms with Crippen molar-refractivity contribution in [2.24, 2.45) is 5.92 Å². The van der Waals surface area contributed by atoms with Gasteiger partial charge in [-0.1, -0.05) is 55.0 Å². The van der Waals surface area contributed by atoms with E-state index < -0.39 is 11.1 Å². The first-order valence-corrected chi connectivity index (χ1v) is 13.8. The van der Waals surface area contributed by atoms with Crippen LogP contribution in [0.5, 0.6) is 0 Å². The number of carbonyl (C=O) groups is 3. The highest BCUT2D eigenvalue weighted by molar-refractivity contribution is 6.00. The van der Waals surface area contributed by atoms with Crippen molar-refractivity contribution in [2.75, 3.05) is 13.1 Å². The molecule has 0 bridgehead atoms. The highest BCUT2D eigenvalue weighted by atomic mass is 19.1. The summed E-state index contributed by atoms with van der Waals surface area (Å²) in [4.78, 5) is 38.1. The van der Waals surface area contributed by atoms with E-state index >= 15 is 0 Å². The second-order valence-corrected chi connectivity index (χ2v) is 11.4. The van der Waals surface area contributed by atoms with Gasteiger partial charge >= 0.3 is 0 Å². The van der Waals surface area contributed by atoms with Crippen LogP contribution in [0.2, 0.25) is 0 Å². The van der Waals surface area contributed by atoms with E-state index in [1.807, 2.05) is 48.5 Å². The van der Waals surface area contributed by atoms with Crippen molar-refractivity contribution in [3.05, 3.63) is 59.7 Å². The highest BCUT2D eigenvalue weighted by Gasteiger charge is 2.48. The first kappa shape index (κ1) is 27.8. The Morgan fingerprint density at radius 2 is 1.58 bits per heavy atom. The van der Waals surface area contributed by atoms with Crippen molar-refractivity contribution in [1.29, 1.82) is 0 Å². The molecule has 6 nitrogen and oxygen atoms in total. The maximum Gasteiger partial charge on any atom is 0.235 e. The zero-order valence-corrected chi connectivity index (χ0v) is 22.7. The van der Waals surface area contributed by atoms with Gasteiger partial charge in [0.2, 0.25) is 17.7 Å². The van der Waals surface area contributed by atoms with Crippen molar-refractivity contribution >= 4 is 17.7 Å². The first-order valence-electron chi connectivity index (χ1n) is 13.8. The molecule has 204 valence electrons. The van der Waals surface area contributed by atoms with Gasteiger partial charge in [0.1, 0.15) is 11.1 Å². The molecule has 2 aliphatic carbocycles. The zero-order valence-electron chi connectivity index (χ0n) is 22.7. The van der Waals surface area contributed by atoms with Crippen molar-refractivity contribution in [1.82, 2.24) is 16.0 Å². The molecule has 2 aromatic rings. The minimum absolute atomic E-state index is 0.0363. The zero-order chi connectivity index (χ0) is 27.3. The van der Waals surface area contributed by atoms with Gasteiger partial charge in [-0.3, -0.25) is 14.4 Å². The number of fused-ring (bicyclic) bond motifs is 3. The largest absolute Gasteiger partial charge is 0.356 e. The molecule has 7 heteroatoms. The van der Waals surface area contributed by atoms with Crippen molar-refractivity contribution in [3.8, 4) is 11.1 Å². The van der Waals surface area contributed by atoms with Crippen molar-refractivity contribution < 1.29 is 18.8 Å². The number of alkyl halides is 1. The fraction of sp³-hybridized carbons (Fsp3) is 0.516. The van der Waals surface area contributed by atoms with Crippen LogP contribution >= 0.6 is 0 Å². The summed E-state index contributed by atoms with van der Waals surface area (Å²) in [6, 6.07) is 16.0. The lowest BCUT2D eigenvalue weighted by molar-refractivity contribution is -0.127. The number of hydrogen-bond donors (Lipinski definition) is 3. The number of nitrogens with one attached hydrogen (secondary N) is 3. The van der Waals surface area contributed by atoms with Crippen LogP contribution in [0.1, 0.15) is 76.8 Å². The Kier molecular flexibility index (Phi) is 8.54. The van der Waals surface area contributed by atoms with Gasteiger partial charge < -0.3 is 16.0 Å². The molecule has 1 saturated carbocycles. The average Bonchev–Trinajstić information content (AvgIpc) is 3.17.